The molecule has 2 aromatic heterocycles. The van der Waals surface area contributed by atoms with E-state index in [0.717, 1.165) is 24.2 Å². The normalized spacial score (nSPS) is 19.3. The summed E-state index contributed by atoms with van der Waals surface area (Å²) in [6, 6.07) is 11.9. The number of aromatic nitrogens is 3. The highest BCUT2D eigenvalue weighted by atomic mass is 16.6. The fraction of sp³-hybridized carbons (Fsp3) is 0.286. The topological polar surface area (TPSA) is 185 Å². The van der Waals surface area contributed by atoms with E-state index in [1.54, 1.807) is 42.9 Å². The van der Waals surface area contributed by atoms with Gasteiger partial charge in [-0.2, -0.15) is 0 Å². The number of nitrogens with zero attached hydrogens (tertiary/aromatic N) is 5. The molecule has 2 aromatic carbocycles. The smallest absolute Gasteiger partial charge is 0.344 e. The third-order valence-electron chi connectivity index (χ3n) is 8.76. The van der Waals surface area contributed by atoms with Gasteiger partial charge in [-0.05, 0) is 55.9 Å². The Kier molecular flexibility index (Phi) is 8.69. The highest BCUT2D eigenvalue weighted by molar-refractivity contribution is 6.09. The van der Waals surface area contributed by atoms with Crippen LogP contribution in [0, 0.1) is 6.92 Å². The van der Waals surface area contributed by atoms with Crippen LogP contribution in [0.5, 0.6) is 17.2 Å². The summed E-state index contributed by atoms with van der Waals surface area (Å²) in [4.78, 5) is 70.7. The molecule has 50 heavy (non-hydrogen) atoms. The van der Waals surface area contributed by atoms with Crippen molar-refractivity contribution in [2.75, 3.05) is 43.9 Å². The predicted molar refractivity (Wildman–Crippen MR) is 178 cm³/mol. The van der Waals surface area contributed by atoms with Gasteiger partial charge < -0.3 is 34.9 Å². The van der Waals surface area contributed by atoms with Crippen molar-refractivity contribution in [2.24, 2.45) is 0 Å². The molecule has 5 heterocycles. The predicted octanol–water partition coefficient (Wildman–Crippen LogP) is 2.85. The number of aryl methyl sites for hydroxylation is 1. The molecule has 1 saturated heterocycles. The van der Waals surface area contributed by atoms with E-state index in [4.69, 9.17) is 14.2 Å². The van der Waals surface area contributed by atoms with Crippen LogP contribution in [0.2, 0.25) is 0 Å². The summed E-state index contributed by atoms with van der Waals surface area (Å²) in [5.41, 5.74) is 0.766. The van der Waals surface area contributed by atoms with Gasteiger partial charge >= 0.3 is 17.9 Å². The molecule has 15 heteroatoms. The molecule has 1 atom stereocenters. The third-order valence-corrected chi connectivity index (χ3v) is 8.76. The number of benzene rings is 2. The molecule has 3 aliphatic rings. The molecule has 0 radical (unpaired) electrons. The number of rotatable bonds is 7. The Labute approximate surface area is 286 Å². The van der Waals surface area contributed by atoms with Crippen molar-refractivity contribution >= 4 is 41.1 Å². The molecule has 1 unspecified atom stereocenters. The molecule has 256 valence electrons. The van der Waals surface area contributed by atoms with Gasteiger partial charge in [-0.15, -0.1) is 0 Å². The van der Waals surface area contributed by atoms with Gasteiger partial charge in [0.2, 0.25) is 5.95 Å². The number of esters is 3. The van der Waals surface area contributed by atoms with Gasteiger partial charge in [-0.25, -0.2) is 14.8 Å². The van der Waals surface area contributed by atoms with E-state index in [1.807, 2.05) is 26.1 Å². The zero-order valence-electron chi connectivity index (χ0n) is 27.3. The molecule has 1 fully saturated rings. The van der Waals surface area contributed by atoms with Crippen molar-refractivity contribution in [3.63, 3.8) is 0 Å². The molecule has 7 rings (SSSR count). The van der Waals surface area contributed by atoms with E-state index in [2.05, 4.69) is 35.4 Å². The van der Waals surface area contributed by atoms with Gasteiger partial charge in [-0.1, -0.05) is 6.07 Å². The number of anilines is 3. The largest absolute Gasteiger partial charge is 0.426 e. The number of hydrogen-bond acceptors (Lipinski definition) is 14. The lowest BCUT2D eigenvalue weighted by atomic mass is 9.95. The lowest BCUT2D eigenvalue weighted by molar-refractivity contribution is -0.168. The van der Waals surface area contributed by atoms with Crippen molar-refractivity contribution in [1.29, 1.82) is 0 Å². The molecule has 3 bridgehead atoms. The Balaban J connectivity index is 1.23. The maximum Gasteiger partial charge on any atom is 0.344 e. The quantitative estimate of drug-likeness (QED) is 0.191. The molecule has 0 spiro atoms. The van der Waals surface area contributed by atoms with Crippen LogP contribution < -0.4 is 24.8 Å². The second kappa shape index (κ2) is 13.3. The van der Waals surface area contributed by atoms with Crippen LogP contribution in [0.4, 0.5) is 17.3 Å². The van der Waals surface area contributed by atoms with E-state index in [9.17, 15) is 24.3 Å². The average Bonchev–Trinajstić information content (AvgIpc) is 3.10. The van der Waals surface area contributed by atoms with Gasteiger partial charge in [0.25, 0.3) is 5.91 Å². The summed E-state index contributed by atoms with van der Waals surface area (Å²) < 4.78 is 17.0. The zero-order chi connectivity index (χ0) is 35.0. The number of piperazine rings is 1. The summed E-state index contributed by atoms with van der Waals surface area (Å²) in [7, 11) is 2.00. The molecular weight excluding hydrogens is 646 g/mol. The molecule has 1 amide bonds. The number of hydrogen-bond donors (Lipinski definition) is 3. The van der Waals surface area contributed by atoms with Crippen molar-refractivity contribution in [3.05, 3.63) is 77.7 Å². The summed E-state index contributed by atoms with van der Waals surface area (Å²) in [6.07, 6.45) is 3.26. The first kappa shape index (κ1) is 32.8. The molecule has 3 N–H and O–H groups in total. The van der Waals surface area contributed by atoms with Crippen LogP contribution in [0.15, 0.2) is 61.1 Å². The Morgan fingerprint density at radius 2 is 1.74 bits per heavy atom. The van der Waals surface area contributed by atoms with E-state index in [0.29, 0.717) is 36.1 Å². The number of nitrogens with one attached hydrogen (secondary N) is 2. The Bertz CT molecular complexity index is 2020. The maximum absolute atomic E-state index is 14.0. The standard InChI is InChI=1S/C35H33N7O8/c1-20-5-6-22(14-26(20)40-34-37-9-7-25(39-34)21-4-3-8-36-18-21)38-32(45)23-15-27-24(19-42-12-10-41(2)11-13-42)31-30(23)49-29(44)17-35(47,33(46)50-31)16-28(43)48-27/h3-9,14-15,18,47H,10-13,16-17,19H2,1-2H3,(H,38,45)(H,37,39,40). The number of carbonyl (C=O) groups is 4. The summed E-state index contributed by atoms with van der Waals surface area (Å²) in [6.45, 7) is 4.87. The molecule has 3 aliphatic heterocycles. The van der Waals surface area contributed by atoms with E-state index >= 15 is 0 Å². The summed E-state index contributed by atoms with van der Waals surface area (Å²) in [5, 5.41) is 17.0. The maximum atomic E-state index is 14.0. The molecule has 0 aliphatic carbocycles. The SMILES string of the molecule is Cc1ccc(NC(=O)c2cc3c(CN4CCN(C)CC4)c4c2OC(=O)CC(O)(CC(=O)O3)C(=O)O4)cc1Nc1nccc(-c2cccnc2)n1. The third kappa shape index (κ3) is 6.74. The number of fused-ring (bicyclic) bond motifs is 3. The zero-order valence-corrected chi connectivity index (χ0v) is 27.3. The van der Waals surface area contributed by atoms with E-state index in [1.165, 1.54) is 6.07 Å². The number of carbonyl (C=O) groups excluding carboxylic acids is 4. The van der Waals surface area contributed by atoms with E-state index in [-0.39, 0.29) is 34.9 Å². The number of ether oxygens (including phenoxy) is 3. The Morgan fingerprint density at radius 3 is 2.50 bits per heavy atom. The Morgan fingerprint density at radius 1 is 0.960 bits per heavy atom. The second-order valence-corrected chi connectivity index (χ2v) is 12.5. The van der Waals surface area contributed by atoms with Gasteiger partial charge in [0, 0.05) is 68.3 Å². The summed E-state index contributed by atoms with van der Waals surface area (Å²) in [5.74, 6) is -4.28. The molecular formula is C35H33N7O8. The first-order valence-corrected chi connectivity index (χ1v) is 15.9. The first-order valence-electron chi connectivity index (χ1n) is 15.9. The van der Waals surface area contributed by atoms with Gasteiger partial charge in [-0.3, -0.25) is 24.3 Å². The minimum Gasteiger partial charge on any atom is -0.426 e. The second-order valence-electron chi connectivity index (χ2n) is 12.5. The highest BCUT2D eigenvalue weighted by Crippen LogP contribution is 2.46. The van der Waals surface area contributed by atoms with Crippen LogP contribution in [-0.4, -0.2) is 92.5 Å². The fourth-order valence-corrected chi connectivity index (χ4v) is 5.93. The Hall–Kier alpha value is -5.77. The lowest BCUT2D eigenvalue weighted by Gasteiger charge is -2.33. The lowest BCUT2D eigenvalue weighted by Crippen LogP contribution is -2.47. The van der Waals surface area contributed by atoms with Crippen molar-refractivity contribution in [2.45, 2.75) is 31.9 Å². The van der Waals surface area contributed by atoms with Crippen LogP contribution in [0.1, 0.15) is 34.3 Å². The van der Waals surface area contributed by atoms with Gasteiger partial charge in [0.1, 0.15) is 5.75 Å². The number of pyridine rings is 1. The van der Waals surface area contributed by atoms with Crippen LogP contribution >= 0.6 is 0 Å². The summed E-state index contributed by atoms with van der Waals surface area (Å²) >= 11 is 0. The van der Waals surface area contributed by atoms with Crippen molar-refractivity contribution in [3.8, 4) is 28.5 Å². The average molecular weight is 680 g/mol. The van der Waals surface area contributed by atoms with Crippen molar-refractivity contribution in [1.82, 2.24) is 24.8 Å². The molecule has 0 saturated carbocycles. The number of likely N-dealkylation sites (N-methyl/N-ethyl adjacent to an activating group) is 1. The van der Waals surface area contributed by atoms with E-state index < -0.39 is 42.3 Å². The first-order chi connectivity index (χ1) is 24.0. The number of amides is 1. The molecule has 4 aromatic rings. The monoisotopic (exact) mass is 679 g/mol. The van der Waals surface area contributed by atoms with Crippen LogP contribution in [0.25, 0.3) is 11.3 Å². The minimum absolute atomic E-state index is 0.0512. The number of aliphatic hydroxyl groups is 1. The molecule has 15 nitrogen and oxygen atoms in total. The van der Waals surface area contributed by atoms with Crippen molar-refractivity contribution < 1.29 is 38.5 Å². The fourth-order valence-electron chi connectivity index (χ4n) is 5.93. The van der Waals surface area contributed by atoms with Crippen LogP contribution in [-0.2, 0) is 20.9 Å². The minimum atomic E-state index is -2.52. The van der Waals surface area contributed by atoms with Crippen LogP contribution in [0.3, 0.4) is 0 Å². The highest BCUT2D eigenvalue weighted by Gasteiger charge is 2.48. The van der Waals surface area contributed by atoms with Gasteiger partial charge in [0.05, 0.1) is 29.7 Å². The van der Waals surface area contributed by atoms with Gasteiger partial charge in [0.15, 0.2) is 17.1 Å².